The Balaban J connectivity index is 2.06. The Labute approximate surface area is 113 Å². The minimum atomic E-state index is -0.107. The maximum Gasteiger partial charge on any atom is 0.0751 e. The smallest absolute Gasteiger partial charge is 0.0751 e. The molecule has 2 aliphatic rings. The number of rotatable bonds is 4. The molecule has 0 aromatic heterocycles. The van der Waals surface area contributed by atoms with Crippen LogP contribution in [0.5, 0.6) is 0 Å². The predicted molar refractivity (Wildman–Crippen MR) is 76.6 cm³/mol. The molecular weight excluding hydrogens is 222 g/mol. The number of hydrogen-bond donors (Lipinski definition) is 1. The second-order valence-corrected chi connectivity index (χ2v) is 6.85. The summed E-state index contributed by atoms with van der Waals surface area (Å²) < 4.78 is 0. The third kappa shape index (κ3) is 2.60. The monoisotopic (exact) mass is 253 g/mol. The third-order valence-electron chi connectivity index (χ3n) is 5.76. The fourth-order valence-electron chi connectivity index (χ4n) is 4.42. The molecule has 0 aliphatic heterocycles. The standard InChI is InChI=1S/C16H31NO/c1-4-13-8-7-9-14(12-13)15(18)16(17(2)3)10-5-6-11-16/h13-15,18H,4-12H2,1-3H3. The first kappa shape index (κ1) is 14.3. The van der Waals surface area contributed by atoms with Gasteiger partial charge in [-0.3, -0.25) is 0 Å². The highest BCUT2D eigenvalue weighted by Crippen LogP contribution is 2.43. The van der Waals surface area contributed by atoms with E-state index in [2.05, 4.69) is 25.9 Å². The first-order valence-electron chi connectivity index (χ1n) is 7.95. The van der Waals surface area contributed by atoms with Crippen LogP contribution in [0.4, 0.5) is 0 Å². The van der Waals surface area contributed by atoms with Crippen LogP contribution in [0.3, 0.4) is 0 Å². The molecule has 1 N–H and O–H groups in total. The SMILES string of the molecule is CCC1CCCC(C(O)C2(N(C)C)CCCC2)C1. The van der Waals surface area contributed by atoms with E-state index in [1.807, 2.05) is 0 Å². The highest BCUT2D eigenvalue weighted by atomic mass is 16.3. The Hall–Kier alpha value is -0.0800. The summed E-state index contributed by atoms with van der Waals surface area (Å²) >= 11 is 0. The molecule has 2 rings (SSSR count). The van der Waals surface area contributed by atoms with Crippen molar-refractivity contribution in [3.8, 4) is 0 Å². The molecule has 0 aromatic carbocycles. The molecule has 0 saturated heterocycles. The largest absolute Gasteiger partial charge is 0.391 e. The summed E-state index contributed by atoms with van der Waals surface area (Å²) in [6.45, 7) is 2.30. The van der Waals surface area contributed by atoms with E-state index >= 15 is 0 Å². The van der Waals surface area contributed by atoms with E-state index in [4.69, 9.17) is 0 Å². The van der Waals surface area contributed by atoms with Crippen molar-refractivity contribution in [3.63, 3.8) is 0 Å². The summed E-state index contributed by atoms with van der Waals surface area (Å²) in [5, 5.41) is 11.0. The van der Waals surface area contributed by atoms with Crippen molar-refractivity contribution in [3.05, 3.63) is 0 Å². The van der Waals surface area contributed by atoms with E-state index in [0.29, 0.717) is 5.92 Å². The average molecular weight is 253 g/mol. The average Bonchev–Trinajstić information content (AvgIpc) is 2.88. The van der Waals surface area contributed by atoms with E-state index in [1.54, 1.807) is 0 Å². The number of hydrogen-bond acceptors (Lipinski definition) is 2. The van der Waals surface area contributed by atoms with Crippen molar-refractivity contribution in [2.75, 3.05) is 14.1 Å². The van der Waals surface area contributed by atoms with Crippen LogP contribution in [-0.4, -0.2) is 35.7 Å². The predicted octanol–water partition coefficient (Wildman–Crippen LogP) is 3.44. The fraction of sp³-hybridized carbons (Fsp3) is 1.00. The molecule has 0 spiro atoms. The van der Waals surface area contributed by atoms with Crippen LogP contribution in [-0.2, 0) is 0 Å². The van der Waals surface area contributed by atoms with Crippen LogP contribution >= 0.6 is 0 Å². The van der Waals surface area contributed by atoms with E-state index in [0.717, 1.165) is 5.92 Å². The fourth-order valence-corrected chi connectivity index (χ4v) is 4.42. The zero-order valence-electron chi connectivity index (χ0n) is 12.5. The van der Waals surface area contributed by atoms with E-state index in [9.17, 15) is 5.11 Å². The summed E-state index contributed by atoms with van der Waals surface area (Å²) in [4.78, 5) is 2.32. The summed E-state index contributed by atoms with van der Waals surface area (Å²) in [6.07, 6.45) is 11.3. The minimum Gasteiger partial charge on any atom is -0.391 e. The van der Waals surface area contributed by atoms with Gasteiger partial charge < -0.3 is 10.0 Å². The summed E-state index contributed by atoms with van der Waals surface area (Å²) in [6, 6.07) is 0. The van der Waals surface area contributed by atoms with Crippen molar-refractivity contribution in [2.45, 2.75) is 76.4 Å². The van der Waals surface area contributed by atoms with Gasteiger partial charge in [0, 0.05) is 5.54 Å². The van der Waals surface area contributed by atoms with Crippen molar-refractivity contribution >= 4 is 0 Å². The molecule has 18 heavy (non-hydrogen) atoms. The quantitative estimate of drug-likeness (QED) is 0.829. The van der Waals surface area contributed by atoms with Crippen LogP contribution in [0.1, 0.15) is 64.7 Å². The lowest BCUT2D eigenvalue weighted by Gasteiger charge is -2.45. The first-order chi connectivity index (χ1) is 8.60. The number of likely N-dealkylation sites (N-methyl/N-ethyl adjacent to an activating group) is 1. The van der Waals surface area contributed by atoms with Gasteiger partial charge in [-0.25, -0.2) is 0 Å². The Morgan fingerprint density at radius 3 is 2.39 bits per heavy atom. The van der Waals surface area contributed by atoms with Gasteiger partial charge in [0.05, 0.1) is 6.10 Å². The molecule has 3 atom stereocenters. The normalized spacial score (nSPS) is 33.8. The molecule has 2 heteroatoms. The van der Waals surface area contributed by atoms with Crippen molar-refractivity contribution in [1.82, 2.24) is 4.90 Å². The lowest BCUT2D eigenvalue weighted by Crippen LogP contribution is -2.55. The Morgan fingerprint density at radius 1 is 1.17 bits per heavy atom. The van der Waals surface area contributed by atoms with Crippen molar-refractivity contribution in [2.24, 2.45) is 11.8 Å². The van der Waals surface area contributed by atoms with Gasteiger partial charge in [0.2, 0.25) is 0 Å². The van der Waals surface area contributed by atoms with Gasteiger partial charge >= 0.3 is 0 Å². The maximum absolute atomic E-state index is 11.0. The third-order valence-corrected chi connectivity index (χ3v) is 5.76. The van der Waals surface area contributed by atoms with Gasteiger partial charge in [-0.15, -0.1) is 0 Å². The number of nitrogens with zero attached hydrogens (tertiary/aromatic N) is 1. The Kier molecular flexibility index (Phi) is 4.71. The summed E-state index contributed by atoms with van der Waals surface area (Å²) in [7, 11) is 4.32. The second-order valence-electron chi connectivity index (χ2n) is 6.85. The summed E-state index contributed by atoms with van der Waals surface area (Å²) in [5.41, 5.74) is 0.0836. The lowest BCUT2D eigenvalue weighted by molar-refractivity contribution is -0.0531. The topological polar surface area (TPSA) is 23.5 Å². The molecule has 2 fully saturated rings. The molecule has 0 radical (unpaired) electrons. The van der Waals surface area contributed by atoms with E-state index < -0.39 is 0 Å². The molecule has 2 aliphatic carbocycles. The highest BCUT2D eigenvalue weighted by Gasteiger charge is 2.46. The molecule has 0 amide bonds. The van der Waals surface area contributed by atoms with Crippen molar-refractivity contribution in [1.29, 1.82) is 0 Å². The minimum absolute atomic E-state index is 0.0836. The zero-order chi connectivity index (χ0) is 13.2. The van der Waals surface area contributed by atoms with Gasteiger partial charge in [0.1, 0.15) is 0 Å². The van der Waals surface area contributed by atoms with Crippen LogP contribution in [0.2, 0.25) is 0 Å². The molecule has 2 saturated carbocycles. The Bertz CT molecular complexity index is 258. The Morgan fingerprint density at radius 2 is 1.83 bits per heavy atom. The van der Waals surface area contributed by atoms with Crippen LogP contribution in [0.25, 0.3) is 0 Å². The molecule has 0 heterocycles. The first-order valence-corrected chi connectivity index (χ1v) is 7.95. The van der Waals surface area contributed by atoms with Crippen LogP contribution in [0.15, 0.2) is 0 Å². The highest BCUT2D eigenvalue weighted by molar-refractivity contribution is 5.01. The molecule has 2 nitrogen and oxygen atoms in total. The van der Waals surface area contributed by atoms with Gasteiger partial charge in [-0.05, 0) is 51.6 Å². The van der Waals surface area contributed by atoms with E-state index in [1.165, 1.54) is 57.8 Å². The van der Waals surface area contributed by atoms with Gasteiger partial charge in [-0.2, -0.15) is 0 Å². The maximum atomic E-state index is 11.0. The molecular formula is C16H31NO. The molecule has 0 bridgehead atoms. The van der Waals surface area contributed by atoms with E-state index in [-0.39, 0.29) is 11.6 Å². The molecule has 106 valence electrons. The summed E-state index contributed by atoms with van der Waals surface area (Å²) in [5.74, 6) is 1.41. The molecule has 3 unspecified atom stereocenters. The number of aliphatic hydroxyl groups is 1. The van der Waals surface area contributed by atoms with Gasteiger partial charge in [0.25, 0.3) is 0 Å². The van der Waals surface area contributed by atoms with Crippen LogP contribution < -0.4 is 0 Å². The van der Waals surface area contributed by atoms with Gasteiger partial charge in [-0.1, -0.05) is 39.0 Å². The van der Waals surface area contributed by atoms with Crippen LogP contribution in [0, 0.1) is 11.8 Å². The number of aliphatic hydroxyl groups excluding tert-OH is 1. The van der Waals surface area contributed by atoms with Gasteiger partial charge in [0.15, 0.2) is 0 Å². The molecule has 0 aromatic rings. The lowest BCUT2D eigenvalue weighted by atomic mass is 9.71. The van der Waals surface area contributed by atoms with Crippen molar-refractivity contribution < 1.29 is 5.11 Å². The zero-order valence-corrected chi connectivity index (χ0v) is 12.5. The second kappa shape index (κ2) is 5.92.